The molecule has 0 amide bonds. The number of aliphatic hydroxyl groups excluding tert-OH is 1. The van der Waals surface area contributed by atoms with Crippen molar-refractivity contribution in [2.75, 3.05) is 0 Å². The first kappa shape index (κ1) is 30.3. The van der Waals surface area contributed by atoms with Crippen molar-refractivity contribution in [3.05, 3.63) is 42.0 Å². The lowest BCUT2D eigenvalue weighted by atomic mass is 9.46. The fourth-order valence-corrected chi connectivity index (χ4v) is 12.3. The van der Waals surface area contributed by atoms with Crippen molar-refractivity contribution < 1.29 is 18.6 Å². The molecule has 5 rings (SSSR count). The zero-order valence-corrected chi connectivity index (χ0v) is 26.4. The van der Waals surface area contributed by atoms with Gasteiger partial charge >= 0.3 is 0 Å². The topological polar surface area (TPSA) is 74.6 Å². The Bertz CT molecular complexity index is 1170. The summed E-state index contributed by atoms with van der Waals surface area (Å²) >= 11 is 0. The third-order valence-electron chi connectivity index (χ3n) is 12.5. The zero-order chi connectivity index (χ0) is 28.9. The van der Waals surface area contributed by atoms with Crippen molar-refractivity contribution in [1.29, 1.82) is 0 Å². The number of hydrogen-bond acceptors (Lipinski definition) is 4. The molecular formula is C35H54O4S. The maximum absolute atomic E-state index is 14.1. The first-order valence-corrected chi connectivity index (χ1v) is 17.8. The van der Waals surface area contributed by atoms with Gasteiger partial charge in [0.1, 0.15) is 0 Å². The van der Waals surface area contributed by atoms with E-state index in [0.717, 1.165) is 51.4 Å². The fraction of sp³-hybridized carbons (Fsp3) is 0.771. The Morgan fingerprint density at radius 3 is 2.42 bits per heavy atom. The monoisotopic (exact) mass is 570 g/mol. The number of rotatable bonds is 9. The second-order valence-electron chi connectivity index (χ2n) is 14.9. The van der Waals surface area contributed by atoms with E-state index in [2.05, 4.69) is 33.8 Å². The van der Waals surface area contributed by atoms with Crippen LogP contribution in [0.5, 0.6) is 0 Å². The molecule has 0 saturated heterocycles. The van der Waals surface area contributed by atoms with Gasteiger partial charge in [-0.2, -0.15) is 0 Å². The highest BCUT2D eigenvalue weighted by molar-refractivity contribution is 7.92. The van der Waals surface area contributed by atoms with Crippen LogP contribution in [-0.4, -0.2) is 35.6 Å². The normalized spacial score (nSPS) is 39.8. The van der Waals surface area contributed by atoms with Crippen molar-refractivity contribution in [3.8, 4) is 0 Å². The number of sulfone groups is 1. The number of allylic oxidation sites excluding steroid dienone is 1. The smallest absolute Gasteiger partial charge is 0.181 e. The van der Waals surface area contributed by atoms with E-state index in [1.54, 1.807) is 12.1 Å². The van der Waals surface area contributed by atoms with Gasteiger partial charge in [0.25, 0.3) is 0 Å². The summed E-state index contributed by atoms with van der Waals surface area (Å²) < 4.78 is 28.3. The summed E-state index contributed by atoms with van der Waals surface area (Å²) in [6.07, 6.45) is 13.3. The average molecular weight is 571 g/mol. The Labute approximate surface area is 244 Å². The van der Waals surface area contributed by atoms with Crippen molar-refractivity contribution in [2.24, 2.45) is 40.4 Å². The number of unbranched alkanes of at least 4 members (excludes halogenated alkanes) is 1. The largest absolute Gasteiger partial charge is 0.393 e. The molecule has 10 atom stereocenters. The zero-order valence-electron chi connectivity index (χ0n) is 25.6. The highest BCUT2D eigenvalue weighted by atomic mass is 32.2. The summed E-state index contributed by atoms with van der Waals surface area (Å²) in [5, 5.41) is 21.2. The number of benzene rings is 1. The van der Waals surface area contributed by atoms with Gasteiger partial charge in [0.15, 0.2) is 9.84 Å². The van der Waals surface area contributed by atoms with Gasteiger partial charge in [-0.25, -0.2) is 8.42 Å². The Hall–Kier alpha value is -1.17. The van der Waals surface area contributed by atoms with Crippen LogP contribution in [0.2, 0.25) is 0 Å². The molecule has 0 aromatic heterocycles. The number of hydrogen-bond donors (Lipinski definition) is 2. The van der Waals surface area contributed by atoms with Crippen molar-refractivity contribution >= 4 is 9.84 Å². The summed E-state index contributed by atoms with van der Waals surface area (Å²) in [4.78, 5) is 0.393. The molecule has 0 heterocycles. The molecule has 0 spiro atoms. The molecule has 4 nitrogen and oxygen atoms in total. The van der Waals surface area contributed by atoms with Crippen LogP contribution in [0.1, 0.15) is 112 Å². The first-order valence-electron chi connectivity index (χ1n) is 16.2. The number of fused-ring (bicyclic) bond motifs is 5. The Morgan fingerprint density at radius 1 is 1.00 bits per heavy atom. The minimum Gasteiger partial charge on any atom is -0.393 e. The molecule has 3 fully saturated rings. The summed E-state index contributed by atoms with van der Waals surface area (Å²) in [7, 11) is -3.58. The van der Waals surface area contributed by atoms with Crippen LogP contribution < -0.4 is 0 Å². The molecule has 2 unspecified atom stereocenters. The second kappa shape index (κ2) is 11.2. The molecule has 1 aromatic carbocycles. The molecule has 40 heavy (non-hydrogen) atoms. The predicted octanol–water partition coefficient (Wildman–Crippen LogP) is 7.74. The standard InChI is InChI=1S/C35H54O4S/c1-6-7-11-26(36)22-32(40(38,39)27-12-9-8-10-13-27)24(2)29-16-17-30-28-15-14-25-23-33(3,37)20-21-34(25,4)31(28)18-19-35(29,30)5/h8-10,12-14,24,26,28-32,36-37H,6-7,11,15-23H2,1-5H3/t24-,26?,28-,29+,30-,31-,32?,33-,34-,35+/m0/s1. The lowest BCUT2D eigenvalue weighted by Crippen LogP contribution is -2.52. The van der Waals surface area contributed by atoms with Gasteiger partial charge in [-0.1, -0.05) is 70.4 Å². The Kier molecular flexibility index (Phi) is 8.45. The Morgan fingerprint density at radius 2 is 1.73 bits per heavy atom. The third kappa shape index (κ3) is 5.26. The van der Waals surface area contributed by atoms with E-state index in [1.807, 2.05) is 25.1 Å². The first-order chi connectivity index (χ1) is 18.8. The van der Waals surface area contributed by atoms with E-state index in [1.165, 1.54) is 18.4 Å². The lowest BCUT2D eigenvalue weighted by Gasteiger charge is -2.59. The predicted molar refractivity (Wildman–Crippen MR) is 163 cm³/mol. The highest BCUT2D eigenvalue weighted by Gasteiger charge is 2.60. The van der Waals surface area contributed by atoms with E-state index in [-0.39, 0.29) is 16.7 Å². The lowest BCUT2D eigenvalue weighted by molar-refractivity contribution is -0.0707. The van der Waals surface area contributed by atoms with Crippen LogP contribution >= 0.6 is 0 Å². The van der Waals surface area contributed by atoms with Gasteiger partial charge in [0.05, 0.1) is 21.9 Å². The van der Waals surface area contributed by atoms with Crippen molar-refractivity contribution in [2.45, 2.75) is 134 Å². The van der Waals surface area contributed by atoms with Gasteiger partial charge < -0.3 is 10.2 Å². The molecule has 224 valence electrons. The maximum atomic E-state index is 14.1. The van der Waals surface area contributed by atoms with Gasteiger partial charge in [0.2, 0.25) is 0 Å². The van der Waals surface area contributed by atoms with Crippen LogP contribution in [0.4, 0.5) is 0 Å². The average Bonchev–Trinajstić information content (AvgIpc) is 3.28. The summed E-state index contributed by atoms with van der Waals surface area (Å²) in [5.41, 5.74) is 1.24. The van der Waals surface area contributed by atoms with E-state index >= 15 is 0 Å². The van der Waals surface area contributed by atoms with Gasteiger partial charge in [-0.15, -0.1) is 0 Å². The maximum Gasteiger partial charge on any atom is 0.181 e. The van der Waals surface area contributed by atoms with Crippen LogP contribution in [0.15, 0.2) is 46.9 Å². The molecule has 4 aliphatic rings. The summed E-state index contributed by atoms with van der Waals surface area (Å²) in [5.74, 6) is 2.25. The molecule has 0 radical (unpaired) electrons. The summed E-state index contributed by atoms with van der Waals surface area (Å²) in [6.45, 7) is 11.3. The van der Waals surface area contributed by atoms with Crippen molar-refractivity contribution in [1.82, 2.24) is 0 Å². The van der Waals surface area contributed by atoms with Crippen LogP contribution in [0.25, 0.3) is 0 Å². The van der Waals surface area contributed by atoms with Crippen LogP contribution in [-0.2, 0) is 9.84 Å². The molecule has 0 bridgehead atoms. The molecule has 0 aliphatic heterocycles. The van der Waals surface area contributed by atoms with E-state index in [9.17, 15) is 18.6 Å². The minimum atomic E-state index is -3.58. The van der Waals surface area contributed by atoms with Gasteiger partial charge in [-0.3, -0.25) is 0 Å². The molecule has 5 heteroatoms. The molecule has 1 aromatic rings. The molecular weight excluding hydrogens is 516 g/mol. The quantitative estimate of drug-likeness (QED) is 0.298. The van der Waals surface area contributed by atoms with Crippen LogP contribution in [0.3, 0.4) is 0 Å². The van der Waals surface area contributed by atoms with E-state index in [0.29, 0.717) is 41.4 Å². The van der Waals surface area contributed by atoms with Crippen molar-refractivity contribution in [3.63, 3.8) is 0 Å². The van der Waals surface area contributed by atoms with Crippen LogP contribution in [0, 0.1) is 40.4 Å². The second-order valence-corrected chi connectivity index (χ2v) is 17.1. The van der Waals surface area contributed by atoms with E-state index < -0.39 is 26.8 Å². The molecule has 3 saturated carbocycles. The molecule has 2 N–H and O–H groups in total. The SMILES string of the molecule is CCCCC(O)CC([C@@H](C)[C@H]1CC[C@H]2[C@@H]3CC=C4C[C@@](C)(O)CC[C@]4(C)[C@H]3CC[C@]12C)S(=O)(=O)c1ccccc1. The number of aliphatic hydroxyl groups is 2. The third-order valence-corrected chi connectivity index (χ3v) is 14.9. The van der Waals surface area contributed by atoms with Gasteiger partial charge in [-0.05, 0) is 124 Å². The minimum absolute atomic E-state index is 0.0110. The van der Waals surface area contributed by atoms with E-state index in [4.69, 9.17) is 0 Å². The summed E-state index contributed by atoms with van der Waals surface area (Å²) in [6, 6.07) is 8.95. The van der Waals surface area contributed by atoms with Gasteiger partial charge in [0, 0.05) is 0 Å². The fourth-order valence-electron chi connectivity index (χ4n) is 10.2. The highest BCUT2D eigenvalue weighted by Crippen LogP contribution is 2.68. The molecule has 4 aliphatic carbocycles. The Balaban J connectivity index is 1.42.